The maximum Gasteiger partial charge on any atom is 0.183 e. The smallest absolute Gasteiger partial charge is 0.183 e. The molecule has 0 fully saturated rings. The van der Waals surface area contributed by atoms with Crippen molar-refractivity contribution in [3.8, 4) is 11.5 Å². The number of benzene rings is 2. The predicted molar refractivity (Wildman–Crippen MR) is 91.4 cm³/mol. The van der Waals surface area contributed by atoms with Crippen molar-refractivity contribution >= 4 is 26.7 Å². The third kappa shape index (κ3) is 3.14. The number of fused-ring (bicyclic) bond motifs is 1. The summed E-state index contributed by atoms with van der Waals surface area (Å²) in [5, 5.41) is 4.30. The fourth-order valence-electron chi connectivity index (χ4n) is 2.29. The number of ether oxygens (including phenoxy) is 2. The molecule has 0 aliphatic carbocycles. The first kappa shape index (κ1) is 14.7. The third-order valence-corrected chi connectivity index (χ3v) is 4.40. The molecule has 0 saturated carbocycles. The van der Waals surface area contributed by atoms with Crippen LogP contribution in [0.5, 0.6) is 11.5 Å². The second-order valence-corrected chi connectivity index (χ2v) is 5.89. The van der Waals surface area contributed by atoms with Crippen LogP contribution in [0.2, 0.25) is 0 Å². The SMILES string of the molecule is COc1cc2nc(NCCc3ccccc3)sc2cc1OC. The van der Waals surface area contributed by atoms with Gasteiger partial charge in [0, 0.05) is 18.7 Å². The lowest BCUT2D eigenvalue weighted by atomic mass is 10.2. The Balaban J connectivity index is 1.72. The van der Waals surface area contributed by atoms with Crippen molar-refractivity contribution in [3.63, 3.8) is 0 Å². The van der Waals surface area contributed by atoms with Gasteiger partial charge in [0.25, 0.3) is 0 Å². The van der Waals surface area contributed by atoms with E-state index in [1.807, 2.05) is 18.2 Å². The molecule has 1 aromatic heterocycles. The highest BCUT2D eigenvalue weighted by Crippen LogP contribution is 2.36. The summed E-state index contributed by atoms with van der Waals surface area (Å²) in [7, 11) is 3.28. The number of nitrogens with one attached hydrogen (secondary N) is 1. The summed E-state index contributed by atoms with van der Waals surface area (Å²) in [4.78, 5) is 4.60. The number of nitrogens with zero attached hydrogens (tertiary/aromatic N) is 1. The van der Waals surface area contributed by atoms with Crippen LogP contribution in [-0.2, 0) is 6.42 Å². The van der Waals surface area contributed by atoms with Crippen molar-refractivity contribution in [2.24, 2.45) is 0 Å². The first-order chi connectivity index (χ1) is 10.8. The zero-order chi connectivity index (χ0) is 15.4. The van der Waals surface area contributed by atoms with Crippen molar-refractivity contribution in [2.75, 3.05) is 26.1 Å². The molecule has 3 rings (SSSR count). The summed E-state index contributed by atoms with van der Waals surface area (Å²) in [6.07, 6.45) is 0.976. The van der Waals surface area contributed by atoms with Crippen LogP contribution < -0.4 is 14.8 Å². The zero-order valence-electron chi connectivity index (χ0n) is 12.6. The highest BCUT2D eigenvalue weighted by atomic mass is 32.1. The number of hydrogen-bond donors (Lipinski definition) is 1. The second kappa shape index (κ2) is 6.66. The molecule has 0 atom stereocenters. The van der Waals surface area contributed by atoms with Gasteiger partial charge in [-0.2, -0.15) is 0 Å². The number of hydrogen-bond acceptors (Lipinski definition) is 5. The maximum atomic E-state index is 5.33. The largest absolute Gasteiger partial charge is 0.493 e. The topological polar surface area (TPSA) is 43.4 Å². The number of aromatic nitrogens is 1. The van der Waals surface area contributed by atoms with E-state index >= 15 is 0 Å². The Labute approximate surface area is 133 Å². The molecule has 2 aromatic carbocycles. The van der Waals surface area contributed by atoms with Gasteiger partial charge >= 0.3 is 0 Å². The minimum atomic E-state index is 0.705. The second-order valence-electron chi connectivity index (χ2n) is 4.86. The van der Waals surface area contributed by atoms with E-state index in [-0.39, 0.29) is 0 Å². The molecule has 1 N–H and O–H groups in total. The standard InChI is InChI=1S/C17H18N2O2S/c1-20-14-10-13-16(11-15(14)21-2)22-17(19-13)18-9-8-12-6-4-3-5-7-12/h3-7,10-11H,8-9H2,1-2H3,(H,18,19). The Bertz CT molecular complexity index is 715. The first-order valence-electron chi connectivity index (χ1n) is 7.10. The number of thiazole rings is 1. The minimum Gasteiger partial charge on any atom is -0.493 e. The third-order valence-electron chi connectivity index (χ3n) is 3.43. The summed E-state index contributed by atoms with van der Waals surface area (Å²) in [5.41, 5.74) is 2.24. The highest BCUT2D eigenvalue weighted by Gasteiger charge is 2.10. The van der Waals surface area contributed by atoms with E-state index in [9.17, 15) is 0 Å². The van der Waals surface area contributed by atoms with Crippen molar-refractivity contribution < 1.29 is 9.47 Å². The molecule has 5 heteroatoms. The van der Waals surface area contributed by atoms with Crippen LogP contribution >= 0.6 is 11.3 Å². The van der Waals surface area contributed by atoms with E-state index in [2.05, 4.69) is 34.6 Å². The van der Waals surface area contributed by atoms with Crippen LogP contribution in [0, 0.1) is 0 Å². The molecule has 114 valence electrons. The number of rotatable bonds is 6. The molecule has 22 heavy (non-hydrogen) atoms. The maximum absolute atomic E-state index is 5.33. The van der Waals surface area contributed by atoms with E-state index in [4.69, 9.17) is 9.47 Å². The number of methoxy groups -OCH3 is 2. The van der Waals surface area contributed by atoms with Gasteiger partial charge in [-0.1, -0.05) is 41.7 Å². The van der Waals surface area contributed by atoms with Crippen molar-refractivity contribution in [3.05, 3.63) is 48.0 Å². The summed E-state index contributed by atoms with van der Waals surface area (Å²) in [6, 6.07) is 14.3. The Kier molecular flexibility index (Phi) is 4.44. The van der Waals surface area contributed by atoms with Gasteiger partial charge in [-0.25, -0.2) is 4.98 Å². The van der Waals surface area contributed by atoms with Gasteiger partial charge in [0.05, 0.1) is 24.4 Å². The monoisotopic (exact) mass is 314 g/mol. The minimum absolute atomic E-state index is 0.705. The highest BCUT2D eigenvalue weighted by molar-refractivity contribution is 7.22. The predicted octanol–water partition coefficient (Wildman–Crippen LogP) is 3.97. The van der Waals surface area contributed by atoms with Crippen LogP contribution in [0.4, 0.5) is 5.13 Å². The van der Waals surface area contributed by atoms with Crippen LogP contribution in [0.3, 0.4) is 0 Å². The molecule has 4 nitrogen and oxygen atoms in total. The van der Waals surface area contributed by atoms with Crippen LogP contribution in [0.25, 0.3) is 10.2 Å². The van der Waals surface area contributed by atoms with Crippen molar-refractivity contribution in [1.82, 2.24) is 4.98 Å². The summed E-state index contributed by atoms with van der Waals surface area (Å²) < 4.78 is 11.7. The molecule has 0 bridgehead atoms. The molecule has 0 unspecified atom stereocenters. The summed E-state index contributed by atoms with van der Waals surface area (Å²) in [5.74, 6) is 1.44. The quantitative estimate of drug-likeness (QED) is 0.747. The molecule has 0 saturated heterocycles. The normalized spacial score (nSPS) is 10.6. The lowest BCUT2D eigenvalue weighted by Crippen LogP contribution is -2.04. The Morgan fingerprint density at radius 2 is 1.77 bits per heavy atom. The van der Waals surface area contributed by atoms with Crippen LogP contribution in [-0.4, -0.2) is 25.7 Å². The Morgan fingerprint density at radius 3 is 2.50 bits per heavy atom. The molecule has 0 radical (unpaired) electrons. The molecule has 0 aliphatic heterocycles. The van der Waals surface area contributed by atoms with E-state index in [0.717, 1.165) is 34.1 Å². The van der Waals surface area contributed by atoms with E-state index in [1.54, 1.807) is 25.6 Å². The van der Waals surface area contributed by atoms with E-state index in [1.165, 1.54) is 5.56 Å². The van der Waals surface area contributed by atoms with Gasteiger partial charge in [-0.05, 0) is 12.0 Å². The fraction of sp³-hybridized carbons (Fsp3) is 0.235. The van der Waals surface area contributed by atoms with Gasteiger partial charge in [-0.3, -0.25) is 0 Å². The lowest BCUT2D eigenvalue weighted by molar-refractivity contribution is 0.356. The fourth-order valence-corrected chi connectivity index (χ4v) is 3.19. The average molecular weight is 314 g/mol. The zero-order valence-corrected chi connectivity index (χ0v) is 13.4. The molecule has 0 aliphatic rings. The molecular formula is C17H18N2O2S. The van der Waals surface area contributed by atoms with Gasteiger partial charge in [0.2, 0.25) is 0 Å². The summed E-state index contributed by atoms with van der Waals surface area (Å²) >= 11 is 1.62. The van der Waals surface area contributed by atoms with Gasteiger partial charge in [0.1, 0.15) is 0 Å². The van der Waals surface area contributed by atoms with E-state index < -0.39 is 0 Å². The van der Waals surface area contributed by atoms with Gasteiger partial charge < -0.3 is 14.8 Å². The van der Waals surface area contributed by atoms with Crippen LogP contribution in [0.1, 0.15) is 5.56 Å². The van der Waals surface area contributed by atoms with Gasteiger partial charge in [-0.15, -0.1) is 0 Å². The first-order valence-corrected chi connectivity index (χ1v) is 7.92. The lowest BCUT2D eigenvalue weighted by Gasteiger charge is -2.05. The van der Waals surface area contributed by atoms with E-state index in [0.29, 0.717) is 5.75 Å². The molecule has 0 amide bonds. The van der Waals surface area contributed by atoms with Gasteiger partial charge in [0.15, 0.2) is 16.6 Å². The van der Waals surface area contributed by atoms with Crippen molar-refractivity contribution in [2.45, 2.75) is 6.42 Å². The molecule has 3 aromatic rings. The average Bonchev–Trinajstić information content (AvgIpc) is 2.96. The molecular weight excluding hydrogens is 296 g/mol. The molecule has 1 heterocycles. The van der Waals surface area contributed by atoms with Crippen molar-refractivity contribution in [1.29, 1.82) is 0 Å². The van der Waals surface area contributed by atoms with Crippen LogP contribution in [0.15, 0.2) is 42.5 Å². The molecule has 0 spiro atoms. The Morgan fingerprint density at radius 1 is 1.05 bits per heavy atom. The summed E-state index contributed by atoms with van der Waals surface area (Å²) in [6.45, 7) is 0.859. The Hall–Kier alpha value is -2.27. The number of anilines is 1.